The van der Waals surface area contributed by atoms with Crippen LogP contribution in [0.5, 0.6) is 0 Å². The van der Waals surface area contributed by atoms with Gasteiger partial charge in [0.15, 0.2) is 0 Å². The fraction of sp³-hybridized carbons (Fsp3) is 0.0714. The third-order valence-corrected chi connectivity index (χ3v) is 3.03. The first-order valence-electron chi connectivity index (χ1n) is 5.89. The van der Waals surface area contributed by atoms with Gasteiger partial charge in [-0.3, -0.25) is 5.41 Å². The second-order valence-corrected chi connectivity index (χ2v) is 4.22. The number of nitrogens with one attached hydrogen (secondary N) is 1. The molecule has 0 fully saturated rings. The van der Waals surface area contributed by atoms with Crippen molar-refractivity contribution < 1.29 is 4.73 Å². The van der Waals surface area contributed by atoms with E-state index < -0.39 is 0 Å². The van der Waals surface area contributed by atoms with Crippen molar-refractivity contribution in [1.82, 2.24) is 9.55 Å². The van der Waals surface area contributed by atoms with E-state index in [-0.39, 0.29) is 0 Å². The summed E-state index contributed by atoms with van der Waals surface area (Å²) in [7, 11) is 0. The number of benzene rings is 1. The Morgan fingerprint density at radius 3 is 2.84 bits per heavy atom. The van der Waals surface area contributed by atoms with Crippen LogP contribution in [0.25, 0.3) is 22.2 Å². The lowest BCUT2D eigenvalue weighted by Gasteiger charge is -2.09. The smallest absolute Gasteiger partial charge is 0.260 e. The predicted octanol–water partition coefficient (Wildman–Crippen LogP) is 1.49. The van der Waals surface area contributed by atoms with Gasteiger partial charge < -0.3 is 9.77 Å². The molecular formula is C14H12N4O. The molecule has 0 aliphatic carbocycles. The SMILES string of the molecule is C=CCn1c(=N)ccc2c1nc1ccccc1[n+]2[O-]. The first kappa shape index (κ1) is 11.4. The highest BCUT2D eigenvalue weighted by Gasteiger charge is 2.14. The number of nitrogens with zero attached hydrogens (tertiary/aromatic N) is 3. The van der Waals surface area contributed by atoms with E-state index in [0.717, 1.165) is 4.73 Å². The summed E-state index contributed by atoms with van der Waals surface area (Å²) >= 11 is 0. The van der Waals surface area contributed by atoms with E-state index in [0.29, 0.717) is 34.2 Å². The molecule has 0 bridgehead atoms. The Balaban J connectivity index is 2.54. The molecule has 1 N–H and O–H groups in total. The normalized spacial score (nSPS) is 10.9. The van der Waals surface area contributed by atoms with Crippen LogP contribution >= 0.6 is 0 Å². The van der Waals surface area contributed by atoms with Gasteiger partial charge in [0.2, 0.25) is 11.2 Å². The zero-order valence-electron chi connectivity index (χ0n) is 10.2. The van der Waals surface area contributed by atoms with Crippen molar-refractivity contribution in [3.63, 3.8) is 0 Å². The predicted molar refractivity (Wildman–Crippen MR) is 72.3 cm³/mol. The highest BCUT2D eigenvalue weighted by atomic mass is 16.5. The monoisotopic (exact) mass is 252 g/mol. The molecule has 0 atom stereocenters. The van der Waals surface area contributed by atoms with Crippen molar-refractivity contribution in [2.45, 2.75) is 6.54 Å². The Morgan fingerprint density at radius 2 is 2.05 bits per heavy atom. The number of hydrogen-bond donors (Lipinski definition) is 1. The molecule has 3 rings (SSSR count). The number of aromatic nitrogens is 3. The van der Waals surface area contributed by atoms with Crippen LogP contribution < -0.4 is 10.2 Å². The highest BCUT2D eigenvalue weighted by Crippen LogP contribution is 2.12. The van der Waals surface area contributed by atoms with Crippen molar-refractivity contribution in [1.29, 1.82) is 5.41 Å². The molecule has 5 nitrogen and oxygen atoms in total. The fourth-order valence-electron chi connectivity index (χ4n) is 2.14. The first-order valence-corrected chi connectivity index (χ1v) is 5.89. The maximum Gasteiger partial charge on any atom is 0.260 e. The Labute approximate surface area is 109 Å². The van der Waals surface area contributed by atoms with Crippen LogP contribution in [0.15, 0.2) is 49.1 Å². The van der Waals surface area contributed by atoms with Crippen LogP contribution in [-0.4, -0.2) is 9.55 Å². The summed E-state index contributed by atoms with van der Waals surface area (Å²) in [4.78, 5) is 4.49. The summed E-state index contributed by atoms with van der Waals surface area (Å²) in [6.45, 7) is 4.12. The molecule has 0 radical (unpaired) electrons. The van der Waals surface area contributed by atoms with E-state index in [2.05, 4.69) is 11.6 Å². The van der Waals surface area contributed by atoms with Gasteiger partial charge in [0, 0.05) is 18.7 Å². The number of allylic oxidation sites excluding steroid dienone is 1. The van der Waals surface area contributed by atoms with E-state index in [1.165, 1.54) is 0 Å². The summed E-state index contributed by atoms with van der Waals surface area (Å²) in [5.41, 5.74) is 2.40. The molecule has 1 aromatic carbocycles. The van der Waals surface area contributed by atoms with Crippen molar-refractivity contribution in [2.24, 2.45) is 0 Å². The summed E-state index contributed by atoms with van der Waals surface area (Å²) in [6, 6.07) is 10.4. The van der Waals surface area contributed by atoms with Crippen LogP contribution in [0.2, 0.25) is 0 Å². The molecule has 0 aliphatic heterocycles. The summed E-state index contributed by atoms with van der Waals surface area (Å²) < 4.78 is 2.51. The third kappa shape index (κ3) is 1.67. The summed E-state index contributed by atoms with van der Waals surface area (Å²) in [5.74, 6) is 0. The van der Waals surface area contributed by atoms with Gasteiger partial charge in [-0.05, 0) is 12.1 Å². The second-order valence-electron chi connectivity index (χ2n) is 4.22. The van der Waals surface area contributed by atoms with Gasteiger partial charge in [-0.1, -0.05) is 18.2 Å². The third-order valence-electron chi connectivity index (χ3n) is 3.03. The van der Waals surface area contributed by atoms with E-state index in [1.807, 2.05) is 6.07 Å². The standard InChI is InChI=1S/C14H12N4O/c1-2-9-17-13(15)8-7-12-14(17)16-10-5-3-4-6-11(10)18(12)19/h2-8,15H,1,9H2. The minimum atomic E-state index is 0.301. The maximum absolute atomic E-state index is 12.3. The summed E-state index contributed by atoms with van der Waals surface area (Å²) in [5, 5.41) is 20.2. The zero-order chi connectivity index (χ0) is 13.4. The van der Waals surface area contributed by atoms with Gasteiger partial charge in [0.25, 0.3) is 5.52 Å². The Bertz CT molecular complexity index is 851. The lowest BCUT2D eigenvalue weighted by molar-refractivity contribution is -0.548. The Kier molecular flexibility index (Phi) is 2.52. The van der Waals surface area contributed by atoms with Gasteiger partial charge in [-0.25, -0.2) is 4.98 Å². The average Bonchev–Trinajstić information content (AvgIpc) is 2.43. The van der Waals surface area contributed by atoms with Crippen LogP contribution in [0.1, 0.15) is 0 Å². The number of pyridine rings is 1. The first-order chi connectivity index (χ1) is 9.22. The minimum Gasteiger partial charge on any atom is -0.618 e. The van der Waals surface area contributed by atoms with Crippen LogP contribution in [0.4, 0.5) is 0 Å². The van der Waals surface area contributed by atoms with E-state index in [9.17, 15) is 5.21 Å². The molecular weight excluding hydrogens is 240 g/mol. The molecule has 0 spiro atoms. The molecule has 5 heteroatoms. The molecule has 3 aromatic rings. The van der Waals surface area contributed by atoms with E-state index >= 15 is 0 Å². The van der Waals surface area contributed by atoms with Crippen molar-refractivity contribution in [3.8, 4) is 0 Å². The maximum atomic E-state index is 12.3. The molecule has 2 heterocycles. The minimum absolute atomic E-state index is 0.301. The molecule has 2 aromatic heterocycles. The van der Waals surface area contributed by atoms with Crippen molar-refractivity contribution >= 4 is 22.2 Å². The van der Waals surface area contributed by atoms with Crippen LogP contribution in [0, 0.1) is 10.6 Å². The lowest BCUT2D eigenvalue weighted by Crippen LogP contribution is -2.32. The van der Waals surface area contributed by atoms with Gasteiger partial charge in [-0.2, -0.15) is 4.73 Å². The van der Waals surface area contributed by atoms with Crippen LogP contribution in [-0.2, 0) is 6.54 Å². The number of hydrogen-bond acceptors (Lipinski definition) is 3. The Hall–Kier alpha value is -2.69. The number of rotatable bonds is 2. The topological polar surface area (TPSA) is 68.6 Å². The quantitative estimate of drug-likeness (QED) is 0.325. The van der Waals surface area contributed by atoms with Gasteiger partial charge >= 0.3 is 0 Å². The number of fused-ring (bicyclic) bond motifs is 2. The van der Waals surface area contributed by atoms with E-state index in [1.54, 1.807) is 41.0 Å². The largest absolute Gasteiger partial charge is 0.618 e. The molecule has 94 valence electrons. The van der Waals surface area contributed by atoms with Gasteiger partial charge in [0.05, 0.1) is 0 Å². The lowest BCUT2D eigenvalue weighted by atomic mass is 10.3. The fourth-order valence-corrected chi connectivity index (χ4v) is 2.14. The molecule has 0 amide bonds. The van der Waals surface area contributed by atoms with E-state index in [4.69, 9.17) is 5.41 Å². The molecule has 0 aliphatic rings. The van der Waals surface area contributed by atoms with Gasteiger partial charge in [-0.15, -0.1) is 6.58 Å². The molecule has 19 heavy (non-hydrogen) atoms. The molecule has 0 unspecified atom stereocenters. The van der Waals surface area contributed by atoms with Crippen molar-refractivity contribution in [3.05, 3.63) is 59.7 Å². The average molecular weight is 252 g/mol. The van der Waals surface area contributed by atoms with Gasteiger partial charge in [0.1, 0.15) is 11.0 Å². The van der Waals surface area contributed by atoms with Crippen LogP contribution in [0.3, 0.4) is 0 Å². The molecule has 0 saturated heterocycles. The zero-order valence-corrected chi connectivity index (χ0v) is 10.2. The van der Waals surface area contributed by atoms with Crippen molar-refractivity contribution in [2.75, 3.05) is 0 Å². The highest BCUT2D eigenvalue weighted by molar-refractivity contribution is 5.79. The second kappa shape index (κ2) is 4.20. The summed E-state index contributed by atoms with van der Waals surface area (Å²) in [6.07, 6.45) is 1.68. The number of para-hydroxylation sites is 2. The Morgan fingerprint density at radius 1 is 1.26 bits per heavy atom. The molecule has 0 saturated carbocycles.